The molecule has 1 N–H and O–H groups in total. The van der Waals surface area contributed by atoms with E-state index in [1.807, 2.05) is 24.3 Å². The third kappa shape index (κ3) is 8.76. The van der Waals surface area contributed by atoms with Crippen LogP contribution in [0.5, 0.6) is 5.75 Å². The number of rotatable bonds is 9. The van der Waals surface area contributed by atoms with Crippen LogP contribution >= 0.6 is 0 Å². The van der Waals surface area contributed by atoms with E-state index in [9.17, 15) is 14.4 Å². The highest BCUT2D eigenvalue weighted by atomic mass is 16.6. The molecule has 9 nitrogen and oxygen atoms in total. The molecule has 0 radical (unpaired) electrons. The Morgan fingerprint density at radius 3 is 2.55 bits per heavy atom. The molecule has 1 aromatic rings. The van der Waals surface area contributed by atoms with Crippen LogP contribution in [0, 0.1) is 5.92 Å². The monoisotopic (exact) mass is 463 g/mol. The predicted octanol–water partition coefficient (Wildman–Crippen LogP) is 3.16. The molecule has 2 rings (SSSR count). The second-order valence-electron chi connectivity index (χ2n) is 7.90. The van der Waals surface area contributed by atoms with E-state index in [2.05, 4.69) is 5.32 Å². The molecule has 182 valence electrons. The second-order valence-corrected chi connectivity index (χ2v) is 7.90. The molecule has 33 heavy (non-hydrogen) atoms. The zero-order valence-electron chi connectivity index (χ0n) is 19.6. The zero-order valence-corrected chi connectivity index (χ0v) is 19.6. The van der Waals surface area contributed by atoms with Crippen LogP contribution < -0.4 is 10.1 Å². The van der Waals surface area contributed by atoms with E-state index < -0.39 is 30.4 Å². The molecule has 1 amide bonds. The van der Waals surface area contributed by atoms with Gasteiger partial charge >= 0.3 is 12.1 Å². The molecule has 0 unspecified atom stereocenters. The molecule has 1 heterocycles. The maximum absolute atomic E-state index is 12.7. The first-order chi connectivity index (χ1) is 15.8. The molecule has 1 aliphatic heterocycles. The van der Waals surface area contributed by atoms with Crippen molar-refractivity contribution in [3.8, 4) is 5.75 Å². The van der Waals surface area contributed by atoms with E-state index in [0.29, 0.717) is 25.7 Å². The minimum atomic E-state index is -1.03. The number of carbonyl (C=O) groups is 3. The fraction of sp³-hybridized carbons (Fsp3) is 0.542. The first kappa shape index (κ1) is 26.2. The summed E-state index contributed by atoms with van der Waals surface area (Å²) in [7, 11) is 3.04. The summed E-state index contributed by atoms with van der Waals surface area (Å²) in [4.78, 5) is 35.9. The first-order valence-electron chi connectivity index (χ1n) is 10.9. The average Bonchev–Trinajstić information content (AvgIpc) is 2.83. The quantitative estimate of drug-likeness (QED) is 0.257. The summed E-state index contributed by atoms with van der Waals surface area (Å²) in [6.07, 6.45) is 2.07. The van der Waals surface area contributed by atoms with Crippen LogP contribution in [0.3, 0.4) is 0 Å². The molecule has 1 aromatic carbocycles. The molecule has 1 fully saturated rings. The molecule has 0 spiro atoms. The van der Waals surface area contributed by atoms with Crippen LogP contribution in [0.4, 0.5) is 4.79 Å². The van der Waals surface area contributed by atoms with Crippen molar-refractivity contribution in [1.82, 2.24) is 5.32 Å². The van der Waals surface area contributed by atoms with Gasteiger partial charge in [0.15, 0.2) is 5.78 Å². The van der Waals surface area contributed by atoms with Gasteiger partial charge in [-0.3, -0.25) is 10.1 Å². The third-order valence-electron chi connectivity index (χ3n) is 5.34. The number of alkyl carbamates (subject to hydrolysis) is 1. The number of ketones is 1. The van der Waals surface area contributed by atoms with E-state index >= 15 is 0 Å². The smallest absolute Gasteiger partial charge is 0.409 e. The normalized spacial score (nSPS) is 23.6. The van der Waals surface area contributed by atoms with Crippen molar-refractivity contribution in [2.24, 2.45) is 5.92 Å². The molecule has 9 heteroatoms. The van der Waals surface area contributed by atoms with Gasteiger partial charge in [-0.1, -0.05) is 12.1 Å². The molecule has 1 saturated heterocycles. The Kier molecular flexibility index (Phi) is 10.7. The molecule has 0 aromatic heterocycles. The third-order valence-corrected chi connectivity index (χ3v) is 5.34. The Morgan fingerprint density at radius 1 is 1.18 bits per heavy atom. The van der Waals surface area contributed by atoms with Crippen LogP contribution in [-0.2, 0) is 35.0 Å². The lowest BCUT2D eigenvalue weighted by molar-refractivity contribution is -0.165. The van der Waals surface area contributed by atoms with Gasteiger partial charge in [-0.15, -0.1) is 0 Å². The fourth-order valence-corrected chi connectivity index (χ4v) is 3.70. The van der Waals surface area contributed by atoms with E-state index in [-0.39, 0.29) is 18.4 Å². The highest BCUT2D eigenvalue weighted by Gasteiger charge is 2.36. The summed E-state index contributed by atoms with van der Waals surface area (Å²) in [6.45, 7) is 3.13. The Bertz CT molecular complexity index is 807. The van der Waals surface area contributed by atoms with Crippen molar-refractivity contribution < 1.29 is 38.1 Å². The SMILES string of the molecule is COCNC(=O)O[C@H]1CCC[C@H](Cc2ccc(OC)cc2)[C@@H](OC=CC(C)=O)[C@H](C)OC1=O. The van der Waals surface area contributed by atoms with Crippen molar-refractivity contribution >= 4 is 17.8 Å². The van der Waals surface area contributed by atoms with Gasteiger partial charge in [0, 0.05) is 19.1 Å². The number of hydrogen-bond donors (Lipinski definition) is 1. The van der Waals surface area contributed by atoms with Crippen LogP contribution in [0.15, 0.2) is 36.6 Å². The van der Waals surface area contributed by atoms with E-state index in [0.717, 1.165) is 11.3 Å². The average molecular weight is 464 g/mol. The predicted molar refractivity (Wildman–Crippen MR) is 120 cm³/mol. The van der Waals surface area contributed by atoms with Gasteiger partial charge in [-0.25, -0.2) is 9.59 Å². The molecular weight excluding hydrogens is 430 g/mol. The molecule has 0 bridgehead atoms. The highest BCUT2D eigenvalue weighted by Crippen LogP contribution is 2.28. The van der Waals surface area contributed by atoms with E-state index in [1.165, 1.54) is 26.4 Å². The number of benzene rings is 1. The minimum absolute atomic E-state index is 0.0149. The van der Waals surface area contributed by atoms with E-state index in [1.54, 1.807) is 14.0 Å². The van der Waals surface area contributed by atoms with Gasteiger partial charge in [0.2, 0.25) is 6.10 Å². The topological polar surface area (TPSA) is 109 Å². The summed E-state index contributed by atoms with van der Waals surface area (Å²) in [5.41, 5.74) is 1.08. The summed E-state index contributed by atoms with van der Waals surface area (Å²) >= 11 is 0. The van der Waals surface area contributed by atoms with Crippen molar-refractivity contribution in [3.63, 3.8) is 0 Å². The van der Waals surface area contributed by atoms with Crippen molar-refractivity contribution in [1.29, 1.82) is 0 Å². The Hall–Kier alpha value is -3.07. The Morgan fingerprint density at radius 2 is 1.91 bits per heavy atom. The number of esters is 1. The number of cyclic esters (lactones) is 1. The lowest BCUT2D eigenvalue weighted by Gasteiger charge is -2.30. The van der Waals surface area contributed by atoms with Gasteiger partial charge in [-0.05, 0) is 57.2 Å². The van der Waals surface area contributed by atoms with Gasteiger partial charge < -0.3 is 23.7 Å². The number of allylic oxidation sites excluding steroid dienone is 1. The lowest BCUT2D eigenvalue weighted by Crippen LogP contribution is -2.40. The molecule has 4 atom stereocenters. The van der Waals surface area contributed by atoms with Crippen molar-refractivity contribution in [2.45, 2.75) is 57.8 Å². The van der Waals surface area contributed by atoms with Crippen LogP contribution in [0.1, 0.15) is 38.7 Å². The number of carbonyl (C=O) groups excluding carboxylic acids is 3. The maximum Gasteiger partial charge on any atom is 0.409 e. The molecule has 0 aliphatic carbocycles. The van der Waals surface area contributed by atoms with Crippen molar-refractivity contribution in [2.75, 3.05) is 21.0 Å². The maximum atomic E-state index is 12.7. The second kappa shape index (κ2) is 13.5. The largest absolute Gasteiger partial charge is 0.497 e. The van der Waals surface area contributed by atoms with Gasteiger partial charge in [0.25, 0.3) is 0 Å². The van der Waals surface area contributed by atoms with Crippen LogP contribution in [0.25, 0.3) is 0 Å². The Balaban J connectivity index is 2.19. The van der Waals surface area contributed by atoms with Crippen LogP contribution in [-0.4, -0.2) is 57.1 Å². The van der Waals surface area contributed by atoms with Gasteiger partial charge in [0.1, 0.15) is 24.7 Å². The number of methoxy groups -OCH3 is 2. The molecule has 0 saturated carbocycles. The fourth-order valence-electron chi connectivity index (χ4n) is 3.70. The number of amides is 1. The summed E-state index contributed by atoms with van der Waals surface area (Å²) < 4.78 is 26.8. The minimum Gasteiger partial charge on any atom is -0.497 e. The van der Waals surface area contributed by atoms with Crippen molar-refractivity contribution in [3.05, 3.63) is 42.2 Å². The van der Waals surface area contributed by atoms with Gasteiger partial charge in [0.05, 0.1) is 13.4 Å². The number of hydrogen-bond acceptors (Lipinski definition) is 8. The van der Waals surface area contributed by atoms with Gasteiger partial charge in [-0.2, -0.15) is 0 Å². The lowest BCUT2D eigenvalue weighted by atomic mass is 9.87. The molecule has 1 aliphatic rings. The highest BCUT2D eigenvalue weighted by molar-refractivity contribution is 5.86. The molecular formula is C24H33NO8. The summed E-state index contributed by atoms with van der Waals surface area (Å²) in [5, 5.41) is 2.39. The van der Waals surface area contributed by atoms with Crippen LogP contribution in [0.2, 0.25) is 0 Å². The summed E-state index contributed by atoms with van der Waals surface area (Å²) in [6, 6.07) is 7.75. The summed E-state index contributed by atoms with van der Waals surface area (Å²) in [5.74, 6) is -0.0346. The Labute approximate surface area is 194 Å². The number of nitrogens with one attached hydrogen (secondary N) is 1. The zero-order chi connectivity index (χ0) is 24.2. The standard InChI is InChI=1S/C24H33NO8/c1-16(26)12-13-31-22-17(2)32-23(27)21(33-24(28)25-15-29-3)7-5-6-19(22)14-18-8-10-20(30-4)11-9-18/h8-13,17,19,21-22H,5-7,14-15H2,1-4H3,(H,25,28)/t17-,19+,21-,22-/m0/s1. The van der Waals surface area contributed by atoms with E-state index in [4.69, 9.17) is 23.7 Å². The first-order valence-corrected chi connectivity index (χ1v) is 10.9. The number of ether oxygens (including phenoxy) is 5.